The lowest BCUT2D eigenvalue weighted by Crippen LogP contribution is -2.14. The van der Waals surface area contributed by atoms with Crippen molar-refractivity contribution in [1.29, 1.82) is 0 Å². The fraction of sp³-hybridized carbons (Fsp3) is 0.143. The van der Waals surface area contributed by atoms with Gasteiger partial charge in [-0.1, -0.05) is 29.3 Å². The van der Waals surface area contributed by atoms with Gasteiger partial charge < -0.3 is 5.73 Å². The van der Waals surface area contributed by atoms with E-state index in [0.29, 0.717) is 16.4 Å². The third-order valence-electron chi connectivity index (χ3n) is 3.03. The summed E-state index contributed by atoms with van der Waals surface area (Å²) in [5, 5.41) is 0.595. The van der Waals surface area contributed by atoms with E-state index >= 15 is 0 Å². The van der Waals surface area contributed by atoms with Crippen molar-refractivity contribution in [2.75, 3.05) is 10.5 Å². The zero-order chi connectivity index (χ0) is 15.8. The summed E-state index contributed by atoms with van der Waals surface area (Å²) >= 11 is 12.0. The van der Waals surface area contributed by atoms with Crippen molar-refractivity contribution in [2.45, 2.75) is 18.7 Å². The number of halogens is 2. The van der Waals surface area contributed by atoms with Crippen LogP contribution >= 0.6 is 23.2 Å². The summed E-state index contributed by atoms with van der Waals surface area (Å²) in [6.07, 6.45) is 0. The first-order valence-corrected chi connectivity index (χ1v) is 8.29. The molecule has 0 unspecified atom stereocenters. The van der Waals surface area contributed by atoms with Crippen molar-refractivity contribution in [1.82, 2.24) is 0 Å². The molecule has 2 aromatic carbocycles. The number of benzene rings is 2. The van der Waals surface area contributed by atoms with Gasteiger partial charge in [-0.05, 0) is 49.2 Å². The van der Waals surface area contributed by atoms with Crippen molar-refractivity contribution < 1.29 is 8.42 Å². The first kappa shape index (κ1) is 15.9. The molecule has 2 rings (SSSR count). The number of hydrogen-bond donors (Lipinski definition) is 2. The van der Waals surface area contributed by atoms with E-state index in [0.717, 1.165) is 11.1 Å². The standard InChI is InChI=1S/C14H14Cl2N2O2S/c1-8-3-4-10(6-11(8)15)18-21(19,20)14-7-13(17)9(2)5-12(14)16/h3-7,18H,17H2,1-2H3. The first-order chi connectivity index (χ1) is 9.70. The topological polar surface area (TPSA) is 72.2 Å². The Morgan fingerprint density at radius 3 is 2.29 bits per heavy atom. The van der Waals surface area contributed by atoms with Gasteiger partial charge in [0.05, 0.1) is 10.7 Å². The Hall–Kier alpha value is -1.43. The van der Waals surface area contributed by atoms with E-state index in [1.54, 1.807) is 25.1 Å². The van der Waals surface area contributed by atoms with Crippen LogP contribution < -0.4 is 10.5 Å². The number of nitrogen functional groups attached to an aromatic ring is 1. The normalized spacial score (nSPS) is 11.4. The van der Waals surface area contributed by atoms with Crippen LogP contribution in [0.2, 0.25) is 10.0 Å². The average Bonchev–Trinajstić information content (AvgIpc) is 2.37. The zero-order valence-corrected chi connectivity index (χ0v) is 13.8. The third-order valence-corrected chi connectivity index (χ3v) is 5.29. The van der Waals surface area contributed by atoms with Gasteiger partial charge in [-0.15, -0.1) is 0 Å². The summed E-state index contributed by atoms with van der Waals surface area (Å²) < 4.78 is 27.2. The first-order valence-electron chi connectivity index (χ1n) is 6.05. The lowest BCUT2D eigenvalue weighted by atomic mass is 10.2. The lowest BCUT2D eigenvalue weighted by molar-refractivity contribution is 0.601. The van der Waals surface area contributed by atoms with Gasteiger partial charge in [0.25, 0.3) is 10.0 Å². The predicted octanol–water partition coefficient (Wildman–Crippen LogP) is 3.99. The molecule has 3 N–H and O–H groups in total. The summed E-state index contributed by atoms with van der Waals surface area (Å²) in [6.45, 7) is 3.59. The number of anilines is 2. The Bertz CT molecular complexity index is 805. The molecule has 0 fully saturated rings. The maximum Gasteiger partial charge on any atom is 0.263 e. The monoisotopic (exact) mass is 344 g/mol. The van der Waals surface area contributed by atoms with E-state index in [1.165, 1.54) is 12.1 Å². The Balaban J connectivity index is 2.43. The SMILES string of the molecule is Cc1cc(Cl)c(S(=O)(=O)Nc2ccc(C)c(Cl)c2)cc1N. The van der Waals surface area contributed by atoms with E-state index in [2.05, 4.69) is 4.72 Å². The van der Waals surface area contributed by atoms with E-state index in [9.17, 15) is 8.42 Å². The molecule has 0 atom stereocenters. The van der Waals surface area contributed by atoms with Crippen LogP contribution in [0.4, 0.5) is 11.4 Å². The van der Waals surface area contributed by atoms with Gasteiger partial charge in [0.1, 0.15) is 4.90 Å². The second-order valence-corrected chi connectivity index (χ2v) is 7.17. The van der Waals surface area contributed by atoms with Crippen LogP contribution in [0.25, 0.3) is 0 Å². The van der Waals surface area contributed by atoms with Gasteiger partial charge >= 0.3 is 0 Å². The smallest absolute Gasteiger partial charge is 0.263 e. The van der Waals surface area contributed by atoms with E-state index in [4.69, 9.17) is 28.9 Å². The van der Waals surface area contributed by atoms with Crippen molar-refractivity contribution in [3.8, 4) is 0 Å². The minimum atomic E-state index is -3.83. The molecule has 0 aliphatic rings. The van der Waals surface area contributed by atoms with E-state index in [-0.39, 0.29) is 9.92 Å². The molecule has 0 aliphatic heterocycles. The molecule has 0 amide bonds. The Kier molecular flexibility index (Phi) is 4.37. The molecule has 112 valence electrons. The van der Waals surface area contributed by atoms with Crippen LogP contribution in [0, 0.1) is 13.8 Å². The fourth-order valence-electron chi connectivity index (χ4n) is 1.74. The molecule has 0 radical (unpaired) electrons. The molecular formula is C14H14Cl2N2O2S. The quantitative estimate of drug-likeness (QED) is 0.826. The second kappa shape index (κ2) is 5.75. The van der Waals surface area contributed by atoms with E-state index in [1.807, 2.05) is 6.92 Å². The van der Waals surface area contributed by atoms with Crippen molar-refractivity contribution in [3.05, 3.63) is 51.5 Å². The molecule has 0 aliphatic carbocycles. The molecular weight excluding hydrogens is 331 g/mol. The molecule has 0 heterocycles. The molecule has 21 heavy (non-hydrogen) atoms. The highest BCUT2D eigenvalue weighted by Gasteiger charge is 2.19. The van der Waals surface area contributed by atoms with Crippen LogP contribution in [-0.2, 0) is 10.0 Å². The third kappa shape index (κ3) is 3.43. The summed E-state index contributed by atoms with van der Waals surface area (Å²) in [5.74, 6) is 0. The van der Waals surface area contributed by atoms with Crippen LogP contribution in [0.3, 0.4) is 0 Å². The fourth-order valence-corrected chi connectivity index (χ4v) is 3.59. The van der Waals surface area contributed by atoms with Gasteiger partial charge in [-0.2, -0.15) is 0 Å². The highest BCUT2D eigenvalue weighted by atomic mass is 35.5. The number of sulfonamides is 1. The molecule has 7 heteroatoms. The van der Waals surface area contributed by atoms with E-state index < -0.39 is 10.0 Å². The Morgan fingerprint density at radius 2 is 1.67 bits per heavy atom. The predicted molar refractivity (Wildman–Crippen MR) is 87.6 cm³/mol. The van der Waals surface area contributed by atoms with Crippen molar-refractivity contribution >= 4 is 44.6 Å². The number of hydrogen-bond acceptors (Lipinski definition) is 3. The van der Waals surface area contributed by atoms with Crippen molar-refractivity contribution in [2.24, 2.45) is 0 Å². The minimum Gasteiger partial charge on any atom is -0.398 e. The molecule has 4 nitrogen and oxygen atoms in total. The highest BCUT2D eigenvalue weighted by molar-refractivity contribution is 7.92. The lowest BCUT2D eigenvalue weighted by Gasteiger charge is -2.12. The van der Waals surface area contributed by atoms with Gasteiger partial charge in [0.15, 0.2) is 0 Å². The second-order valence-electron chi connectivity index (χ2n) is 4.71. The number of aryl methyl sites for hydroxylation is 2. The molecule has 0 aromatic heterocycles. The van der Waals surface area contributed by atoms with Gasteiger partial charge in [0, 0.05) is 10.7 Å². The molecule has 0 saturated carbocycles. The van der Waals surface area contributed by atoms with Crippen LogP contribution in [0.15, 0.2) is 35.2 Å². The molecule has 0 saturated heterocycles. The van der Waals surface area contributed by atoms with Crippen molar-refractivity contribution in [3.63, 3.8) is 0 Å². The number of rotatable bonds is 3. The van der Waals surface area contributed by atoms with Gasteiger partial charge in [0.2, 0.25) is 0 Å². The largest absolute Gasteiger partial charge is 0.398 e. The molecule has 0 bridgehead atoms. The van der Waals surface area contributed by atoms with Crippen LogP contribution in [0.5, 0.6) is 0 Å². The van der Waals surface area contributed by atoms with Crippen LogP contribution in [-0.4, -0.2) is 8.42 Å². The average molecular weight is 345 g/mol. The Labute approximate surface area is 133 Å². The summed E-state index contributed by atoms with van der Waals surface area (Å²) in [7, 11) is -3.83. The summed E-state index contributed by atoms with van der Waals surface area (Å²) in [6, 6.07) is 7.76. The maximum atomic E-state index is 12.4. The summed E-state index contributed by atoms with van der Waals surface area (Å²) in [5.41, 5.74) is 8.05. The molecule has 2 aromatic rings. The molecule has 0 spiro atoms. The van der Waals surface area contributed by atoms with Gasteiger partial charge in [-0.3, -0.25) is 4.72 Å². The minimum absolute atomic E-state index is 0.0658. The number of nitrogens with one attached hydrogen (secondary N) is 1. The number of nitrogens with two attached hydrogens (primary N) is 1. The Morgan fingerprint density at radius 1 is 1.00 bits per heavy atom. The highest BCUT2D eigenvalue weighted by Crippen LogP contribution is 2.29. The summed E-state index contributed by atoms with van der Waals surface area (Å²) in [4.78, 5) is -0.0658. The van der Waals surface area contributed by atoms with Gasteiger partial charge in [-0.25, -0.2) is 8.42 Å². The maximum absolute atomic E-state index is 12.4. The van der Waals surface area contributed by atoms with Crippen LogP contribution in [0.1, 0.15) is 11.1 Å². The zero-order valence-electron chi connectivity index (χ0n) is 11.4.